The molecule has 0 saturated heterocycles. The second kappa shape index (κ2) is 7.21. The molecule has 0 radical (unpaired) electrons. The van der Waals surface area contributed by atoms with Crippen molar-refractivity contribution in [3.05, 3.63) is 66.0 Å². The van der Waals surface area contributed by atoms with Crippen LogP contribution in [0, 0.1) is 6.92 Å². The van der Waals surface area contributed by atoms with E-state index in [1.54, 1.807) is 16.8 Å². The van der Waals surface area contributed by atoms with Gasteiger partial charge in [0.05, 0.1) is 24.4 Å². The topological polar surface area (TPSA) is 50.1 Å². The van der Waals surface area contributed by atoms with Crippen molar-refractivity contribution in [1.29, 1.82) is 0 Å². The molecule has 0 atom stereocenters. The highest BCUT2D eigenvalue weighted by Gasteiger charge is 2.30. The van der Waals surface area contributed by atoms with Gasteiger partial charge in [0.15, 0.2) is 0 Å². The van der Waals surface area contributed by atoms with E-state index in [1.807, 2.05) is 31.3 Å². The lowest BCUT2D eigenvalue weighted by Crippen LogP contribution is -2.05. The van der Waals surface area contributed by atoms with Crippen LogP contribution in [-0.2, 0) is 12.7 Å². The standard InChI is InChI=1S/C19H18F3N3O/c1-13-17(12-25(24-13)9-10-26)16-7-2-3-8-18(16)23-15-6-4-5-14(11-15)19(20,21)22/h2-8,11-12,23,26H,9-10H2,1H3. The smallest absolute Gasteiger partial charge is 0.394 e. The van der Waals surface area contributed by atoms with Gasteiger partial charge < -0.3 is 10.4 Å². The van der Waals surface area contributed by atoms with Crippen molar-refractivity contribution in [3.8, 4) is 11.1 Å². The summed E-state index contributed by atoms with van der Waals surface area (Å²) in [6, 6.07) is 12.4. The lowest BCUT2D eigenvalue weighted by atomic mass is 10.0. The minimum Gasteiger partial charge on any atom is -0.394 e. The van der Waals surface area contributed by atoms with Gasteiger partial charge in [0.1, 0.15) is 0 Å². The SMILES string of the molecule is Cc1nn(CCO)cc1-c1ccccc1Nc1cccc(C(F)(F)F)c1. The molecule has 1 aromatic heterocycles. The molecule has 2 aromatic carbocycles. The maximum Gasteiger partial charge on any atom is 0.416 e. The molecule has 3 rings (SSSR count). The number of anilines is 2. The van der Waals surface area contributed by atoms with Crippen molar-refractivity contribution in [3.63, 3.8) is 0 Å². The van der Waals surface area contributed by atoms with Gasteiger partial charge in [0.2, 0.25) is 0 Å². The molecular formula is C19H18F3N3O. The highest BCUT2D eigenvalue weighted by Crippen LogP contribution is 2.34. The van der Waals surface area contributed by atoms with Crippen LogP contribution in [-0.4, -0.2) is 21.5 Å². The number of hydrogen-bond acceptors (Lipinski definition) is 3. The average Bonchev–Trinajstić information content (AvgIpc) is 2.95. The van der Waals surface area contributed by atoms with Gasteiger partial charge in [-0.1, -0.05) is 24.3 Å². The molecule has 0 aliphatic heterocycles. The van der Waals surface area contributed by atoms with Crippen LogP contribution < -0.4 is 5.32 Å². The number of hydrogen-bond donors (Lipinski definition) is 2. The highest BCUT2D eigenvalue weighted by molar-refractivity contribution is 5.81. The summed E-state index contributed by atoms with van der Waals surface area (Å²) in [7, 11) is 0. The van der Waals surface area contributed by atoms with Crippen LogP contribution in [0.4, 0.5) is 24.5 Å². The Bertz CT molecular complexity index is 903. The number of aliphatic hydroxyl groups excluding tert-OH is 1. The molecule has 0 spiro atoms. The van der Waals surface area contributed by atoms with E-state index in [9.17, 15) is 13.2 Å². The summed E-state index contributed by atoms with van der Waals surface area (Å²) in [5.74, 6) is 0. The number of benzene rings is 2. The van der Waals surface area contributed by atoms with Gasteiger partial charge in [0.25, 0.3) is 0 Å². The summed E-state index contributed by atoms with van der Waals surface area (Å²) in [5, 5.41) is 16.5. The number of rotatable bonds is 5. The van der Waals surface area contributed by atoms with Crippen LogP contribution in [0.25, 0.3) is 11.1 Å². The number of aliphatic hydroxyl groups is 1. The Hall–Kier alpha value is -2.80. The summed E-state index contributed by atoms with van der Waals surface area (Å²) in [5.41, 5.74) is 2.79. The van der Waals surface area contributed by atoms with E-state index >= 15 is 0 Å². The van der Waals surface area contributed by atoms with Crippen molar-refractivity contribution in [2.75, 3.05) is 11.9 Å². The molecule has 3 aromatic rings. The van der Waals surface area contributed by atoms with E-state index in [2.05, 4.69) is 10.4 Å². The van der Waals surface area contributed by atoms with Gasteiger partial charge in [-0.05, 0) is 31.2 Å². The lowest BCUT2D eigenvalue weighted by molar-refractivity contribution is -0.137. The average molecular weight is 361 g/mol. The number of aryl methyl sites for hydroxylation is 1. The van der Waals surface area contributed by atoms with Gasteiger partial charge in [0, 0.05) is 28.7 Å². The molecule has 0 aliphatic carbocycles. The van der Waals surface area contributed by atoms with Crippen LogP contribution in [0.1, 0.15) is 11.3 Å². The molecule has 0 saturated carbocycles. The highest BCUT2D eigenvalue weighted by atomic mass is 19.4. The molecule has 0 bridgehead atoms. The monoisotopic (exact) mass is 361 g/mol. The lowest BCUT2D eigenvalue weighted by Gasteiger charge is -2.13. The fourth-order valence-corrected chi connectivity index (χ4v) is 2.76. The Labute approximate surface area is 148 Å². The normalized spacial score (nSPS) is 11.6. The predicted molar refractivity (Wildman–Crippen MR) is 94.2 cm³/mol. The third kappa shape index (κ3) is 3.88. The number of aromatic nitrogens is 2. The van der Waals surface area contributed by atoms with Gasteiger partial charge in [-0.15, -0.1) is 0 Å². The minimum atomic E-state index is -4.39. The molecule has 2 N–H and O–H groups in total. The maximum absolute atomic E-state index is 12.9. The largest absolute Gasteiger partial charge is 0.416 e. The Morgan fingerprint density at radius 1 is 1.08 bits per heavy atom. The van der Waals surface area contributed by atoms with Crippen molar-refractivity contribution < 1.29 is 18.3 Å². The Kier molecular flexibility index (Phi) is 4.99. The molecule has 4 nitrogen and oxygen atoms in total. The van der Waals surface area contributed by atoms with Crippen LogP contribution in [0.15, 0.2) is 54.7 Å². The van der Waals surface area contributed by atoms with Gasteiger partial charge in [-0.2, -0.15) is 18.3 Å². The first-order chi connectivity index (χ1) is 12.4. The second-order valence-corrected chi connectivity index (χ2v) is 5.86. The van der Waals surface area contributed by atoms with E-state index in [0.29, 0.717) is 17.9 Å². The molecule has 1 heterocycles. The van der Waals surface area contributed by atoms with Crippen LogP contribution >= 0.6 is 0 Å². The number of alkyl halides is 3. The first-order valence-electron chi connectivity index (χ1n) is 8.07. The second-order valence-electron chi connectivity index (χ2n) is 5.86. The van der Waals surface area contributed by atoms with E-state index in [-0.39, 0.29) is 6.61 Å². The third-order valence-corrected chi connectivity index (χ3v) is 3.96. The number of para-hydroxylation sites is 1. The van der Waals surface area contributed by atoms with E-state index < -0.39 is 11.7 Å². The zero-order valence-corrected chi connectivity index (χ0v) is 14.1. The summed E-state index contributed by atoms with van der Waals surface area (Å²) in [4.78, 5) is 0. The summed E-state index contributed by atoms with van der Waals surface area (Å²) < 4.78 is 40.4. The Morgan fingerprint density at radius 3 is 2.58 bits per heavy atom. The maximum atomic E-state index is 12.9. The van der Waals surface area contributed by atoms with Crippen molar-refractivity contribution in [2.24, 2.45) is 0 Å². The zero-order valence-electron chi connectivity index (χ0n) is 14.1. The molecule has 0 aliphatic rings. The molecular weight excluding hydrogens is 343 g/mol. The van der Waals surface area contributed by atoms with E-state index in [4.69, 9.17) is 5.11 Å². The summed E-state index contributed by atoms with van der Waals surface area (Å²) in [6.07, 6.45) is -2.57. The zero-order chi connectivity index (χ0) is 18.7. The number of nitrogens with zero attached hydrogens (tertiary/aromatic N) is 2. The predicted octanol–water partition coefficient (Wildman–Crippen LogP) is 4.61. The number of nitrogens with one attached hydrogen (secondary N) is 1. The molecule has 0 amide bonds. The first kappa shape index (κ1) is 18.0. The number of halogens is 3. The van der Waals surface area contributed by atoms with Gasteiger partial charge >= 0.3 is 6.18 Å². The van der Waals surface area contributed by atoms with Gasteiger partial charge in [-0.3, -0.25) is 4.68 Å². The molecule has 136 valence electrons. The molecule has 7 heteroatoms. The molecule has 0 fully saturated rings. The van der Waals surface area contributed by atoms with Gasteiger partial charge in [-0.25, -0.2) is 0 Å². The van der Waals surface area contributed by atoms with Crippen molar-refractivity contribution in [2.45, 2.75) is 19.6 Å². The quantitative estimate of drug-likeness (QED) is 0.698. The van der Waals surface area contributed by atoms with E-state index in [1.165, 1.54) is 6.07 Å². The first-order valence-corrected chi connectivity index (χ1v) is 8.07. The van der Waals surface area contributed by atoms with E-state index in [0.717, 1.165) is 29.0 Å². The Balaban J connectivity index is 1.96. The van der Waals surface area contributed by atoms with Crippen LogP contribution in [0.2, 0.25) is 0 Å². The molecule has 0 unspecified atom stereocenters. The fraction of sp³-hybridized carbons (Fsp3) is 0.211. The summed E-state index contributed by atoms with van der Waals surface area (Å²) in [6.45, 7) is 2.21. The van der Waals surface area contributed by atoms with Crippen molar-refractivity contribution >= 4 is 11.4 Å². The van der Waals surface area contributed by atoms with Crippen molar-refractivity contribution in [1.82, 2.24) is 9.78 Å². The molecule has 26 heavy (non-hydrogen) atoms. The minimum absolute atomic E-state index is 0.0231. The Morgan fingerprint density at radius 2 is 1.85 bits per heavy atom. The van der Waals surface area contributed by atoms with Crippen LogP contribution in [0.3, 0.4) is 0 Å². The third-order valence-electron chi connectivity index (χ3n) is 3.96. The van der Waals surface area contributed by atoms with Crippen LogP contribution in [0.5, 0.6) is 0 Å². The summed E-state index contributed by atoms with van der Waals surface area (Å²) >= 11 is 0. The fourth-order valence-electron chi connectivity index (χ4n) is 2.76.